The summed E-state index contributed by atoms with van der Waals surface area (Å²) < 4.78 is 4.96. The van der Waals surface area contributed by atoms with Crippen LogP contribution in [0.4, 0.5) is 5.69 Å². The third kappa shape index (κ3) is 2.34. The van der Waals surface area contributed by atoms with Crippen molar-refractivity contribution in [2.45, 2.75) is 13.8 Å². The fourth-order valence-corrected chi connectivity index (χ4v) is 1.70. The van der Waals surface area contributed by atoms with Gasteiger partial charge in [-0.25, -0.2) is 0 Å². The van der Waals surface area contributed by atoms with E-state index >= 15 is 0 Å². The van der Waals surface area contributed by atoms with Gasteiger partial charge >= 0.3 is 0 Å². The Balaban J connectivity index is 2.31. The fraction of sp³-hybridized carbons (Fsp3) is 0.231. The first-order valence-electron chi connectivity index (χ1n) is 5.66. The molecule has 0 spiro atoms. The average molecular weight is 246 g/mol. The highest BCUT2D eigenvalue weighted by atomic mass is 16.5. The predicted molar refractivity (Wildman–Crippen MR) is 66.7 cm³/mol. The van der Waals surface area contributed by atoms with Crippen LogP contribution >= 0.6 is 0 Å². The Kier molecular flexibility index (Phi) is 3.32. The second kappa shape index (κ2) is 4.91. The van der Waals surface area contributed by atoms with Gasteiger partial charge in [-0.3, -0.25) is 4.79 Å². The number of rotatable bonds is 3. The molecule has 0 fully saturated rings. The van der Waals surface area contributed by atoms with Crippen molar-refractivity contribution >= 4 is 11.6 Å². The van der Waals surface area contributed by atoms with Crippen LogP contribution < -0.4 is 4.90 Å². The third-order valence-corrected chi connectivity index (χ3v) is 2.54. The Hall–Kier alpha value is -2.30. The first-order chi connectivity index (χ1) is 8.61. The van der Waals surface area contributed by atoms with Crippen molar-refractivity contribution in [2.24, 2.45) is 0 Å². The van der Waals surface area contributed by atoms with Gasteiger partial charge in [0.1, 0.15) is 5.75 Å². The Bertz CT molecular complexity index is 563. The quantitative estimate of drug-likeness (QED) is 0.902. The first kappa shape index (κ1) is 12.2. The van der Waals surface area contributed by atoms with Crippen LogP contribution in [0.25, 0.3) is 0 Å². The topological polar surface area (TPSA) is 66.6 Å². The molecule has 1 heterocycles. The molecule has 0 saturated carbocycles. The summed E-state index contributed by atoms with van der Waals surface area (Å²) in [6.07, 6.45) is 0. The van der Waals surface area contributed by atoms with Gasteiger partial charge < -0.3 is 14.5 Å². The number of anilines is 1. The molecule has 0 unspecified atom stereocenters. The molecule has 18 heavy (non-hydrogen) atoms. The lowest BCUT2D eigenvalue weighted by Gasteiger charge is -2.19. The molecule has 2 aromatic rings. The van der Waals surface area contributed by atoms with Crippen molar-refractivity contribution < 1.29 is 14.4 Å². The molecule has 0 aliphatic rings. The minimum Gasteiger partial charge on any atom is -0.508 e. The van der Waals surface area contributed by atoms with Crippen LogP contribution in [-0.2, 0) is 0 Å². The zero-order chi connectivity index (χ0) is 13.1. The van der Waals surface area contributed by atoms with Crippen molar-refractivity contribution in [3.05, 3.63) is 41.8 Å². The summed E-state index contributed by atoms with van der Waals surface area (Å²) >= 11 is 0. The Morgan fingerprint density at radius 2 is 2.22 bits per heavy atom. The molecule has 94 valence electrons. The van der Waals surface area contributed by atoms with E-state index in [1.54, 1.807) is 31.2 Å². The van der Waals surface area contributed by atoms with Crippen LogP contribution in [-0.4, -0.2) is 22.7 Å². The highest BCUT2D eigenvalue weighted by Crippen LogP contribution is 2.21. The maximum absolute atomic E-state index is 12.2. The smallest absolute Gasteiger partial charge is 0.296 e. The van der Waals surface area contributed by atoms with Crippen molar-refractivity contribution in [3.8, 4) is 5.75 Å². The number of hydrogen-bond donors (Lipinski definition) is 1. The van der Waals surface area contributed by atoms with Crippen LogP contribution in [0.15, 0.2) is 34.9 Å². The highest BCUT2D eigenvalue weighted by molar-refractivity contribution is 6.04. The molecule has 1 aromatic carbocycles. The predicted octanol–water partition coefficient (Wildman–Crippen LogP) is 2.36. The molecule has 0 bridgehead atoms. The minimum absolute atomic E-state index is 0.118. The third-order valence-electron chi connectivity index (χ3n) is 2.54. The zero-order valence-electron chi connectivity index (χ0n) is 10.3. The number of benzene rings is 1. The number of aryl methyl sites for hydroxylation is 1. The van der Waals surface area contributed by atoms with E-state index < -0.39 is 0 Å². The van der Waals surface area contributed by atoms with Gasteiger partial charge in [0.15, 0.2) is 0 Å². The zero-order valence-corrected chi connectivity index (χ0v) is 10.3. The molecule has 0 radical (unpaired) electrons. The van der Waals surface area contributed by atoms with Crippen LogP contribution in [0.3, 0.4) is 0 Å². The van der Waals surface area contributed by atoms with Crippen LogP contribution in [0.1, 0.15) is 23.2 Å². The summed E-state index contributed by atoms with van der Waals surface area (Å²) in [4.78, 5) is 13.7. The van der Waals surface area contributed by atoms with Gasteiger partial charge in [0.05, 0.1) is 5.69 Å². The molecule has 1 N–H and O–H groups in total. The molecule has 0 aliphatic heterocycles. The molecular weight excluding hydrogens is 232 g/mol. The van der Waals surface area contributed by atoms with Crippen molar-refractivity contribution in [2.75, 3.05) is 11.4 Å². The normalized spacial score (nSPS) is 10.3. The van der Waals surface area contributed by atoms with E-state index in [0.717, 1.165) is 0 Å². The number of phenolic OH excluding ortho intramolecular Hbond substituents is 1. The van der Waals surface area contributed by atoms with Crippen LogP contribution in [0.5, 0.6) is 5.75 Å². The van der Waals surface area contributed by atoms with E-state index in [1.165, 1.54) is 11.0 Å². The number of nitrogens with zero attached hydrogens (tertiary/aromatic N) is 2. The summed E-state index contributed by atoms with van der Waals surface area (Å²) in [5, 5.41) is 13.1. The summed E-state index contributed by atoms with van der Waals surface area (Å²) in [6.45, 7) is 4.08. The first-order valence-corrected chi connectivity index (χ1v) is 5.66. The highest BCUT2D eigenvalue weighted by Gasteiger charge is 2.20. The van der Waals surface area contributed by atoms with E-state index in [4.69, 9.17) is 4.52 Å². The van der Waals surface area contributed by atoms with Gasteiger partial charge in [-0.15, -0.1) is 0 Å². The maximum Gasteiger partial charge on any atom is 0.296 e. The Labute approximate surface area is 105 Å². The summed E-state index contributed by atoms with van der Waals surface area (Å²) in [5.41, 5.74) is 1.28. The van der Waals surface area contributed by atoms with Crippen LogP contribution in [0.2, 0.25) is 0 Å². The number of aromatic nitrogens is 1. The molecule has 5 nitrogen and oxygen atoms in total. The van der Waals surface area contributed by atoms with Gasteiger partial charge in [0.2, 0.25) is 5.76 Å². The van der Waals surface area contributed by atoms with Crippen molar-refractivity contribution in [3.63, 3.8) is 0 Å². The lowest BCUT2D eigenvalue weighted by atomic mass is 10.2. The summed E-state index contributed by atoms with van der Waals surface area (Å²) in [5.74, 6) is 0.0360. The number of amides is 1. The largest absolute Gasteiger partial charge is 0.508 e. The van der Waals surface area contributed by atoms with Gasteiger partial charge in [-0.05, 0) is 26.0 Å². The number of phenols is 1. The van der Waals surface area contributed by atoms with Gasteiger partial charge in [-0.2, -0.15) is 0 Å². The lowest BCUT2D eigenvalue weighted by molar-refractivity contribution is 0.0952. The summed E-state index contributed by atoms with van der Waals surface area (Å²) in [6, 6.07) is 8.12. The SMILES string of the molecule is CCN(C(=O)c1cc(C)no1)c1cccc(O)c1. The monoisotopic (exact) mass is 246 g/mol. The molecule has 0 atom stereocenters. The minimum atomic E-state index is -0.274. The van der Waals surface area contributed by atoms with E-state index in [0.29, 0.717) is 17.9 Å². The average Bonchev–Trinajstić information content (AvgIpc) is 2.77. The molecule has 1 aromatic heterocycles. The Morgan fingerprint density at radius 3 is 2.78 bits per heavy atom. The van der Waals surface area contributed by atoms with Crippen LogP contribution in [0, 0.1) is 6.92 Å². The number of hydrogen-bond acceptors (Lipinski definition) is 4. The molecule has 0 saturated heterocycles. The second-order valence-electron chi connectivity index (χ2n) is 3.90. The molecular formula is C13H14N2O3. The van der Waals surface area contributed by atoms with Gasteiger partial charge in [-0.1, -0.05) is 11.2 Å². The van der Waals surface area contributed by atoms with Gasteiger partial charge in [0.25, 0.3) is 5.91 Å². The van der Waals surface area contributed by atoms with Crippen molar-refractivity contribution in [1.29, 1.82) is 0 Å². The molecule has 0 aliphatic carbocycles. The lowest BCUT2D eigenvalue weighted by Crippen LogP contribution is -2.30. The molecule has 2 rings (SSSR count). The van der Waals surface area contributed by atoms with Crippen molar-refractivity contribution in [1.82, 2.24) is 5.16 Å². The molecule has 1 amide bonds. The van der Waals surface area contributed by atoms with E-state index in [9.17, 15) is 9.90 Å². The van der Waals surface area contributed by atoms with E-state index in [2.05, 4.69) is 5.16 Å². The number of aromatic hydroxyl groups is 1. The second-order valence-corrected chi connectivity index (χ2v) is 3.90. The van der Waals surface area contributed by atoms with Gasteiger partial charge in [0, 0.05) is 24.4 Å². The molecule has 5 heteroatoms. The number of carbonyl (C=O) groups excluding carboxylic acids is 1. The Morgan fingerprint density at radius 1 is 1.44 bits per heavy atom. The summed E-state index contributed by atoms with van der Waals surface area (Å²) in [7, 11) is 0. The van der Waals surface area contributed by atoms with E-state index in [-0.39, 0.29) is 17.4 Å². The standard InChI is InChI=1S/C13H14N2O3/c1-3-15(10-5-4-6-11(16)8-10)13(17)12-7-9(2)14-18-12/h4-8,16H,3H2,1-2H3. The fourth-order valence-electron chi connectivity index (χ4n) is 1.70. The number of carbonyl (C=O) groups is 1. The maximum atomic E-state index is 12.2. The van der Waals surface area contributed by atoms with E-state index in [1.807, 2.05) is 6.92 Å².